The van der Waals surface area contributed by atoms with Gasteiger partial charge in [0.1, 0.15) is 17.4 Å². The molecule has 0 fully saturated rings. The van der Waals surface area contributed by atoms with Gasteiger partial charge in [0, 0.05) is 19.8 Å². The number of hydrogen-bond acceptors (Lipinski definition) is 6. The Hall–Kier alpha value is -3.39. The third-order valence-corrected chi connectivity index (χ3v) is 5.20. The van der Waals surface area contributed by atoms with Crippen molar-refractivity contribution in [2.24, 2.45) is 10.1 Å². The minimum atomic E-state index is -0.439. The average molecular weight is 405 g/mol. The Morgan fingerprint density at radius 1 is 1.14 bits per heavy atom. The van der Waals surface area contributed by atoms with Crippen molar-refractivity contribution in [3.05, 3.63) is 65.7 Å². The molecule has 0 radical (unpaired) electrons. The molecule has 146 valence electrons. The lowest BCUT2D eigenvalue weighted by Gasteiger charge is -2.20. The number of para-hydroxylation sites is 1. The number of carbonyl (C=O) groups excluding carboxylic acids is 1. The maximum Gasteiger partial charge on any atom is 0.283 e. The fourth-order valence-corrected chi connectivity index (χ4v) is 3.59. The van der Waals surface area contributed by atoms with Crippen LogP contribution in [0, 0.1) is 5.41 Å². The number of ether oxygens (including phenoxy) is 1. The normalized spacial score (nSPS) is 17.2. The lowest BCUT2D eigenvalue weighted by Crippen LogP contribution is -2.35. The smallest absolute Gasteiger partial charge is 0.283 e. The van der Waals surface area contributed by atoms with Crippen LogP contribution >= 0.6 is 11.8 Å². The fourth-order valence-electron chi connectivity index (χ4n) is 2.79. The Labute approximate surface area is 172 Å². The molecule has 0 spiro atoms. The Bertz CT molecular complexity index is 1040. The van der Waals surface area contributed by atoms with E-state index in [1.54, 1.807) is 6.08 Å². The van der Waals surface area contributed by atoms with E-state index < -0.39 is 5.91 Å². The van der Waals surface area contributed by atoms with Gasteiger partial charge >= 0.3 is 0 Å². The van der Waals surface area contributed by atoms with Gasteiger partial charge in [-0.05, 0) is 47.7 Å². The highest BCUT2D eigenvalue weighted by molar-refractivity contribution is 8.27. The highest BCUT2D eigenvalue weighted by Crippen LogP contribution is 2.28. The van der Waals surface area contributed by atoms with Gasteiger partial charge in [0.15, 0.2) is 5.84 Å². The van der Waals surface area contributed by atoms with Gasteiger partial charge in [0.25, 0.3) is 5.91 Å². The zero-order valence-corrected chi connectivity index (χ0v) is 16.8. The first-order valence-electron chi connectivity index (χ1n) is 8.95. The number of amidine groups is 2. The lowest BCUT2D eigenvalue weighted by atomic mass is 10.1. The predicted octanol–water partition coefficient (Wildman–Crippen LogP) is 3.45. The Balaban J connectivity index is 1.51. The number of nitrogens with zero attached hydrogens (tertiary/aromatic N) is 4. The molecule has 2 heterocycles. The lowest BCUT2D eigenvalue weighted by molar-refractivity contribution is -0.114. The van der Waals surface area contributed by atoms with Crippen molar-refractivity contribution >= 4 is 45.5 Å². The molecule has 8 heteroatoms. The van der Waals surface area contributed by atoms with Crippen molar-refractivity contribution in [1.29, 1.82) is 5.41 Å². The monoisotopic (exact) mass is 405 g/mol. The van der Waals surface area contributed by atoms with Crippen molar-refractivity contribution in [1.82, 2.24) is 5.01 Å². The molecule has 2 aromatic carbocycles. The Kier molecular flexibility index (Phi) is 5.18. The number of anilines is 1. The Morgan fingerprint density at radius 3 is 2.55 bits per heavy atom. The maximum absolute atomic E-state index is 12.5. The molecule has 2 aliphatic heterocycles. The molecule has 0 saturated carbocycles. The molecule has 4 rings (SSSR count). The van der Waals surface area contributed by atoms with Gasteiger partial charge in [-0.15, -0.1) is 0 Å². The quantitative estimate of drug-likeness (QED) is 0.771. The number of benzene rings is 2. The standard InChI is InChI=1S/C21H19N5O2S/c1-25(2)15-10-8-14(9-11-15)12-17-19(22)26-21(23-20(17)27)29-18(24-26)13-28-16-6-4-3-5-7-16/h3-12,22H,13H2,1-2H3. The summed E-state index contributed by atoms with van der Waals surface area (Å²) in [6, 6.07) is 17.1. The van der Waals surface area contributed by atoms with E-state index in [-0.39, 0.29) is 18.0 Å². The number of hydrazone groups is 1. The SMILES string of the molecule is CN(C)c1ccc(C=C2C(=N)N3N=C(COc4ccccc4)SC3=NC2=O)cc1. The molecule has 29 heavy (non-hydrogen) atoms. The van der Waals surface area contributed by atoms with Crippen LogP contribution in [-0.2, 0) is 4.79 Å². The first kappa shape index (κ1) is 18.9. The molecule has 0 atom stereocenters. The highest BCUT2D eigenvalue weighted by atomic mass is 32.2. The van der Waals surface area contributed by atoms with Crippen molar-refractivity contribution in [2.45, 2.75) is 0 Å². The number of amides is 1. The van der Waals surface area contributed by atoms with Crippen molar-refractivity contribution < 1.29 is 9.53 Å². The third-order valence-electron chi connectivity index (χ3n) is 4.32. The zero-order chi connectivity index (χ0) is 20.4. The molecular formula is C21H19N5O2S. The summed E-state index contributed by atoms with van der Waals surface area (Å²) in [5.74, 6) is 0.306. The largest absolute Gasteiger partial charge is 0.487 e. The summed E-state index contributed by atoms with van der Waals surface area (Å²) in [5.41, 5.74) is 2.09. The topological polar surface area (TPSA) is 81.3 Å². The van der Waals surface area contributed by atoms with Crippen LogP contribution in [0.5, 0.6) is 5.75 Å². The van der Waals surface area contributed by atoms with Crippen LogP contribution in [0.3, 0.4) is 0 Å². The summed E-state index contributed by atoms with van der Waals surface area (Å²) in [6.07, 6.45) is 1.67. The first-order valence-corrected chi connectivity index (χ1v) is 9.77. The molecule has 2 aliphatic rings. The van der Waals surface area contributed by atoms with E-state index in [1.807, 2.05) is 73.6 Å². The molecule has 1 N–H and O–H groups in total. The Morgan fingerprint density at radius 2 is 1.86 bits per heavy atom. The third kappa shape index (κ3) is 4.07. The van der Waals surface area contributed by atoms with Gasteiger partial charge in [-0.2, -0.15) is 15.1 Å². The second-order valence-corrected chi connectivity index (χ2v) is 7.64. The summed E-state index contributed by atoms with van der Waals surface area (Å²) in [5, 5.41) is 15.2. The summed E-state index contributed by atoms with van der Waals surface area (Å²) >= 11 is 1.24. The van der Waals surface area contributed by atoms with E-state index in [0.29, 0.717) is 10.2 Å². The number of hydrogen-bond donors (Lipinski definition) is 1. The first-order chi connectivity index (χ1) is 14.0. The maximum atomic E-state index is 12.5. The molecule has 2 aromatic rings. The van der Waals surface area contributed by atoms with Gasteiger partial charge in [0.2, 0.25) is 5.17 Å². The summed E-state index contributed by atoms with van der Waals surface area (Å²) in [7, 11) is 3.93. The highest BCUT2D eigenvalue weighted by Gasteiger charge is 2.35. The number of fused-ring (bicyclic) bond motifs is 1. The number of rotatable bonds is 5. The molecule has 1 amide bonds. The second kappa shape index (κ2) is 7.92. The van der Waals surface area contributed by atoms with Gasteiger partial charge in [0.05, 0.1) is 5.57 Å². The van der Waals surface area contributed by atoms with E-state index in [9.17, 15) is 4.79 Å². The molecule has 0 unspecified atom stereocenters. The van der Waals surface area contributed by atoms with Crippen LogP contribution in [0.25, 0.3) is 6.08 Å². The van der Waals surface area contributed by atoms with Crippen molar-refractivity contribution in [3.63, 3.8) is 0 Å². The van der Waals surface area contributed by atoms with Crippen LogP contribution in [0.1, 0.15) is 5.56 Å². The predicted molar refractivity (Wildman–Crippen MR) is 118 cm³/mol. The van der Waals surface area contributed by atoms with E-state index in [4.69, 9.17) is 10.1 Å². The summed E-state index contributed by atoms with van der Waals surface area (Å²) in [4.78, 5) is 18.6. The van der Waals surface area contributed by atoms with Crippen molar-refractivity contribution in [3.8, 4) is 5.75 Å². The average Bonchev–Trinajstić information content (AvgIpc) is 3.14. The summed E-state index contributed by atoms with van der Waals surface area (Å²) < 4.78 is 5.70. The van der Waals surface area contributed by atoms with Crippen LogP contribution in [0.4, 0.5) is 5.69 Å². The van der Waals surface area contributed by atoms with Crippen LogP contribution in [0.15, 0.2) is 70.3 Å². The summed E-state index contributed by atoms with van der Waals surface area (Å²) in [6.45, 7) is 0.247. The molecule has 0 bridgehead atoms. The zero-order valence-electron chi connectivity index (χ0n) is 16.0. The number of aliphatic imine (C=N–C) groups is 1. The van der Waals surface area contributed by atoms with Crippen LogP contribution in [0.2, 0.25) is 0 Å². The van der Waals surface area contributed by atoms with Gasteiger partial charge in [-0.3, -0.25) is 10.2 Å². The van der Waals surface area contributed by atoms with Gasteiger partial charge in [-0.1, -0.05) is 30.3 Å². The molecule has 7 nitrogen and oxygen atoms in total. The molecular weight excluding hydrogens is 386 g/mol. The molecule has 0 aliphatic carbocycles. The minimum absolute atomic E-state index is 0.0129. The van der Waals surface area contributed by atoms with Gasteiger partial charge < -0.3 is 9.64 Å². The number of nitrogens with one attached hydrogen (secondary N) is 1. The van der Waals surface area contributed by atoms with Crippen LogP contribution < -0.4 is 9.64 Å². The van der Waals surface area contributed by atoms with Gasteiger partial charge in [-0.25, -0.2) is 0 Å². The molecule has 0 saturated heterocycles. The van der Waals surface area contributed by atoms with E-state index in [1.165, 1.54) is 16.8 Å². The van der Waals surface area contributed by atoms with Crippen molar-refractivity contribution in [2.75, 3.05) is 25.6 Å². The van der Waals surface area contributed by atoms with E-state index >= 15 is 0 Å². The molecule has 0 aromatic heterocycles. The number of thioether (sulfide) groups is 1. The fraction of sp³-hybridized carbons (Fsp3) is 0.143. The van der Waals surface area contributed by atoms with E-state index in [0.717, 1.165) is 17.0 Å². The minimum Gasteiger partial charge on any atom is -0.487 e. The van der Waals surface area contributed by atoms with Crippen LogP contribution in [-0.4, -0.2) is 47.7 Å². The number of carbonyl (C=O) groups is 1. The van der Waals surface area contributed by atoms with E-state index in [2.05, 4.69) is 10.1 Å². The second-order valence-electron chi connectivity index (χ2n) is 6.60.